The summed E-state index contributed by atoms with van der Waals surface area (Å²) in [6.45, 7) is 4.93. The fraction of sp³-hybridized carbons (Fsp3) is 0.910. The lowest BCUT2D eigenvalue weighted by Crippen LogP contribution is -2.45. The monoisotopic (exact) mass is 1030 g/mol. The first kappa shape index (κ1) is 71.3. The van der Waals surface area contributed by atoms with Gasteiger partial charge in [0.2, 0.25) is 5.91 Å². The Labute approximate surface area is 456 Å². The van der Waals surface area contributed by atoms with E-state index in [0.717, 1.165) is 51.4 Å². The maximum Gasteiger partial charge on any atom is 0.305 e. The molecule has 2 unspecified atom stereocenters. The van der Waals surface area contributed by atoms with E-state index in [4.69, 9.17) is 4.74 Å². The lowest BCUT2D eigenvalue weighted by atomic mass is 10.0. The van der Waals surface area contributed by atoms with Crippen molar-refractivity contribution in [3.63, 3.8) is 0 Å². The van der Waals surface area contributed by atoms with Crippen molar-refractivity contribution in [1.82, 2.24) is 5.32 Å². The zero-order valence-electron chi connectivity index (χ0n) is 49.4. The van der Waals surface area contributed by atoms with Crippen molar-refractivity contribution >= 4 is 11.9 Å². The average molecular weight is 1030 g/mol. The third kappa shape index (κ3) is 59.4. The van der Waals surface area contributed by atoms with Gasteiger partial charge in [-0.05, 0) is 51.4 Å². The lowest BCUT2D eigenvalue weighted by Gasteiger charge is -2.22. The molecular weight excluding hydrogens is 899 g/mol. The first-order chi connectivity index (χ1) is 36.0. The lowest BCUT2D eigenvalue weighted by molar-refractivity contribution is -0.143. The number of carbonyl (C=O) groups excluding carboxylic acids is 2. The van der Waals surface area contributed by atoms with Crippen molar-refractivity contribution in [2.45, 2.75) is 379 Å². The number of unbranched alkanes of at least 4 members (excludes halogenated alkanes) is 47. The van der Waals surface area contributed by atoms with E-state index in [9.17, 15) is 19.8 Å². The Bertz CT molecular complexity index is 1140. The molecule has 0 rings (SSSR count). The molecule has 0 saturated heterocycles. The molecule has 73 heavy (non-hydrogen) atoms. The van der Waals surface area contributed by atoms with Gasteiger partial charge in [-0.1, -0.05) is 327 Å². The topological polar surface area (TPSA) is 95.9 Å². The second kappa shape index (κ2) is 62.9. The molecule has 0 aliphatic heterocycles. The Balaban J connectivity index is 3.41. The van der Waals surface area contributed by atoms with E-state index in [1.54, 1.807) is 0 Å². The molecule has 2 atom stereocenters. The highest BCUT2D eigenvalue weighted by molar-refractivity contribution is 5.76. The fourth-order valence-electron chi connectivity index (χ4n) is 10.4. The Morgan fingerprint density at radius 3 is 1.08 bits per heavy atom. The van der Waals surface area contributed by atoms with Crippen LogP contribution in [-0.4, -0.2) is 47.4 Å². The Kier molecular flexibility index (Phi) is 61.4. The Morgan fingerprint density at radius 2 is 0.699 bits per heavy atom. The van der Waals surface area contributed by atoms with Gasteiger partial charge in [0.15, 0.2) is 0 Å². The van der Waals surface area contributed by atoms with Crippen LogP contribution in [-0.2, 0) is 14.3 Å². The van der Waals surface area contributed by atoms with E-state index in [1.807, 2.05) is 0 Å². The summed E-state index contributed by atoms with van der Waals surface area (Å²) in [4.78, 5) is 24.6. The van der Waals surface area contributed by atoms with Gasteiger partial charge in [-0.2, -0.15) is 0 Å². The maximum absolute atomic E-state index is 12.5. The molecule has 0 aromatic carbocycles. The van der Waals surface area contributed by atoms with E-state index >= 15 is 0 Å². The minimum atomic E-state index is -0.670. The number of allylic oxidation sites excluding steroid dienone is 4. The highest BCUT2D eigenvalue weighted by atomic mass is 16.5. The van der Waals surface area contributed by atoms with Gasteiger partial charge in [0.1, 0.15) is 0 Å². The number of hydrogen-bond acceptors (Lipinski definition) is 5. The van der Waals surface area contributed by atoms with Crippen LogP contribution in [0.2, 0.25) is 0 Å². The number of rotatable bonds is 62. The normalized spacial score (nSPS) is 12.7. The van der Waals surface area contributed by atoms with Crippen molar-refractivity contribution in [3.8, 4) is 0 Å². The Hall–Kier alpha value is -1.66. The molecule has 0 spiro atoms. The summed E-state index contributed by atoms with van der Waals surface area (Å²) in [5, 5.41) is 23.4. The fourth-order valence-corrected chi connectivity index (χ4v) is 10.4. The van der Waals surface area contributed by atoms with Crippen LogP contribution in [0.3, 0.4) is 0 Å². The summed E-state index contributed by atoms with van der Waals surface area (Å²) in [7, 11) is 0. The molecule has 0 heterocycles. The minimum absolute atomic E-state index is 0.00822. The van der Waals surface area contributed by atoms with E-state index in [0.29, 0.717) is 25.9 Å². The molecule has 0 aromatic rings. The molecule has 0 radical (unpaired) electrons. The standard InChI is InChI=1S/C67H129NO5/c1-3-5-7-9-11-13-15-17-19-20-21-22-23-24-25-26-27-29-32-35-39-43-47-51-55-59-65(70)64(63-69)68-66(71)60-56-52-48-44-40-36-33-30-28-31-34-38-42-46-50-54-58-62-73-67(72)61-57-53-49-45-41-37-18-16-14-12-10-8-6-4-2/h10,12,16,18,64-65,69-70H,3-9,11,13-15,17,19-63H2,1-2H3,(H,68,71)/b12-10-,18-16-. The summed E-state index contributed by atoms with van der Waals surface area (Å²) in [6.07, 6.45) is 77.7. The predicted octanol–water partition coefficient (Wildman–Crippen LogP) is 21.0. The van der Waals surface area contributed by atoms with Crippen LogP contribution in [0.15, 0.2) is 24.3 Å². The first-order valence-corrected chi connectivity index (χ1v) is 33.1. The Morgan fingerprint density at radius 1 is 0.384 bits per heavy atom. The molecule has 1 amide bonds. The molecule has 0 bridgehead atoms. The summed E-state index contributed by atoms with van der Waals surface area (Å²) < 4.78 is 5.47. The van der Waals surface area contributed by atoms with Crippen molar-refractivity contribution < 1.29 is 24.5 Å². The van der Waals surface area contributed by atoms with Crippen LogP contribution in [0.5, 0.6) is 0 Å². The van der Waals surface area contributed by atoms with Crippen molar-refractivity contribution in [2.75, 3.05) is 13.2 Å². The predicted molar refractivity (Wildman–Crippen MR) is 320 cm³/mol. The number of esters is 1. The van der Waals surface area contributed by atoms with E-state index in [-0.39, 0.29) is 18.5 Å². The number of ether oxygens (including phenoxy) is 1. The highest BCUT2D eigenvalue weighted by Gasteiger charge is 2.20. The molecule has 3 N–H and O–H groups in total. The SMILES string of the molecule is CCCC/C=C\C/C=C\CCCCCCCC(=O)OCCCCCCCCCCCCCCCCCCCC(=O)NC(CO)C(O)CCCCCCCCCCCCCCCCCCCCCCCCCCC. The molecular formula is C67H129NO5. The smallest absolute Gasteiger partial charge is 0.305 e. The van der Waals surface area contributed by atoms with Crippen LogP contribution in [0, 0.1) is 0 Å². The van der Waals surface area contributed by atoms with Crippen LogP contribution < -0.4 is 5.32 Å². The van der Waals surface area contributed by atoms with Crippen molar-refractivity contribution in [3.05, 3.63) is 24.3 Å². The van der Waals surface area contributed by atoms with Gasteiger partial charge < -0.3 is 20.3 Å². The average Bonchev–Trinajstić information content (AvgIpc) is 3.39. The van der Waals surface area contributed by atoms with Crippen LogP contribution >= 0.6 is 0 Å². The zero-order chi connectivity index (χ0) is 52.9. The second-order valence-electron chi connectivity index (χ2n) is 22.8. The molecule has 6 heteroatoms. The third-order valence-electron chi connectivity index (χ3n) is 15.5. The largest absolute Gasteiger partial charge is 0.466 e. The molecule has 6 nitrogen and oxygen atoms in total. The summed E-state index contributed by atoms with van der Waals surface area (Å²) >= 11 is 0. The van der Waals surface area contributed by atoms with Crippen molar-refractivity contribution in [1.29, 1.82) is 0 Å². The molecule has 0 fully saturated rings. The van der Waals surface area contributed by atoms with Gasteiger partial charge in [-0.25, -0.2) is 0 Å². The van der Waals surface area contributed by atoms with Gasteiger partial charge >= 0.3 is 5.97 Å². The summed E-state index contributed by atoms with van der Waals surface area (Å²) in [5.74, 6) is -0.0446. The van der Waals surface area contributed by atoms with Gasteiger partial charge in [0, 0.05) is 12.8 Å². The number of aliphatic hydroxyl groups is 2. The number of aliphatic hydroxyl groups excluding tert-OH is 2. The van der Waals surface area contributed by atoms with E-state index < -0.39 is 12.1 Å². The maximum atomic E-state index is 12.5. The van der Waals surface area contributed by atoms with Crippen LogP contribution in [0.4, 0.5) is 0 Å². The number of carbonyl (C=O) groups is 2. The first-order valence-electron chi connectivity index (χ1n) is 33.1. The van der Waals surface area contributed by atoms with Gasteiger partial charge in [0.25, 0.3) is 0 Å². The number of nitrogens with one attached hydrogen (secondary N) is 1. The number of amides is 1. The molecule has 0 aliphatic carbocycles. The van der Waals surface area contributed by atoms with E-state index in [1.165, 1.54) is 283 Å². The highest BCUT2D eigenvalue weighted by Crippen LogP contribution is 2.19. The number of hydrogen-bond donors (Lipinski definition) is 3. The molecule has 0 aromatic heterocycles. The second-order valence-corrected chi connectivity index (χ2v) is 22.8. The van der Waals surface area contributed by atoms with Gasteiger partial charge in [-0.15, -0.1) is 0 Å². The van der Waals surface area contributed by atoms with Crippen LogP contribution in [0.25, 0.3) is 0 Å². The van der Waals surface area contributed by atoms with Gasteiger partial charge in [-0.3, -0.25) is 9.59 Å². The summed E-state index contributed by atoms with van der Waals surface area (Å²) in [5.41, 5.74) is 0. The molecule has 432 valence electrons. The molecule has 0 aliphatic rings. The zero-order valence-corrected chi connectivity index (χ0v) is 49.4. The summed E-state index contributed by atoms with van der Waals surface area (Å²) in [6, 6.07) is -0.547. The quantitative estimate of drug-likeness (QED) is 0.0320. The van der Waals surface area contributed by atoms with E-state index in [2.05, 4.69) is 43.5 Å². The third-order valence-corrected chi connectivity index (χ3v) is 15.5. The van der Waals surface area contributed by atoms with Crippen molar-refractivity contribution in [2.24, 2.45) is 0 Å². The van der Waals surface area contributed by atoms with Crippen LogP contribution in [0.1, 0.15) is 367 Å². The molecule has 0 saturated carbocycles. The minimum Gasteiger partial charge on any atom is -0.466 e. The van der Waals surface area contributed by atoms with Gasteiger partial charge in [0.05, 0.1) is 25.4 Å².